The summed E-state index contributed by atoms with van der Waals surface area (Å²) in [7, 11) is 0. The van der Waals surface area contributed by atoms with Crippen molar-refractivity contribution in [3.63, 3.8) is 0 Å². The lowest BCUT2D eigenvalue weighted by Crippen LogP contribution is -2.09. The third-order valence-electron chi connectivity index (χ3n) is 9.04. The fraction of sp³-hybridized carbons (Fsp3) is 0. The van der Waals surface area contributed by atoms with E-state index in [1.165, 1.54) is 43.8 Å². The molecular weight excluding hydrogens is 558 g/mol. The van der Waals surface area contributed by atoms with Crippen molar-refractivity contribution in [1.29, 1.82) is 0 Å². The molecule has 0 amide bonds. The molecule has 0 aliphatic carbocycles. The number of hydrogen-bond donors (Lipinski definition) is 0. The molecule has 8 aromatic carbocycles. The van der Waals surface area contributed by atoms with Gasteiger partial charge in [0.2, 0.25) is 0 Å². The van der Waals surface area contributed by atoms with Gasteiger partial charge in [0.25, 0.3) is 0 Å². The summed E-state index contributed by atoms with van der Waals surface area (Å²) in [6.07, 6.45) is 0. The first-order chi connectivity index (χ1) is 22.8. The van der Waals surface area contributed by atoms with Crippen molar-refractivity contribution < 1.29 is 4.42 Å². The summed E-state index contributed by atoms with van der Waals surface area (Å²) in [5.41, 5.74) is 9.99. The molecule has 0 saturated carbocycles. The highest BCUT2D eigenvalue weighted by molar-refractivity contribution is 6.16. The first-order valence-electron chi connectivity index (χ1n) is 15.7. The molecule has 0 unspecified atom stereocenters. The molecule has 46 heavy (non-hydrogen) atoms. The predicted octanol–water partition coefficient (Wildman–Crippen LogP) is 12.7. The number of para-hydroxylation sites is 1. The van der Waals surface area contributed by atoms with E-state index in [9.17, 15) is 0 Å². The molecule has 0 aliphatic rings. The van der Waals surface area contributed by atoms with Gasteiger partial charge in [0.15, 0.2) is 0 Å². The smallest absolute Gasteiger partial charge is 0.136 e. The van der Waals surface area contributed by atoms with Crippen LogP contribution in [0.1, 0.15) is 0 Å². The number of benzene rings is 8. The minimum absolute atomic E-state index is 0.920. The number of fused-ring (bicyclic) bond motifs is 6. The Morgan fingerprint density at radius 3 is 1.46 bits per heavy atom. The fourth-order valence-electron chi connectivity index (χ4n) is 6.73. The van der Waals surface area contributed by atoms with Crippen molar-refractivity contribution >= 4 is 60.5 Å². The maximum Gasteiger partial charge on any atom is 0.136 e. The van der Waals surface area contributed by atoms with Crippen LogP contribution in [0.15, 0.2) is 180 Å². The lowest BCUT2D eigenvalue weighted by Gasteiger charge is -2.26. The Bertz CT molecular complexity index is 2410. The van der Waals surface area contributed by atoms with Crippen LogP contribution in [0.2, 0.25) is 0 Å². The third-order valence-corrected chi connectivity index (χ3v) is 9.04. The molecule has 2 nitrogen and oxygen atoms in total. The highest BCUT2D eigenvalue weighted by Crippen LogP contribution is 2.40. The highest BCUT2D eigenvalue weighted by atomic mass is 16.3. The summed E-state index contributed by atoms with van der Waals surface area (Å²) < 4.78 is 6.26. The number of hydrogen-bond acceptors (Lipinski definition) is 2. The average molecular weight is 588 g/mol. The van der Waals surface area contributed by atoms with Crippen LogP contribution < -0.4 is 4.90 Å². The monoisotopic (exact) mass is 587 g/mol. The van der Waals surface area contributed by atoms with E-state index in [2.05, 4.69) is 169 Å². The van der Waals surface area contributed by atoms with E-state index in [1.54, 1.807) is 0 Å². The van der Waals surface area contributed by atoms with Crippen LogP contribution in [0, 0.1) is 0 Å². The Hall–Kier alpha value is -6.12. The molecule has 0 saturated heterocycles. The van der Waals surface area contributed by atoms with E-state index in [0.717, 1.165) is 39.0 Å². The lowest BCUT2D eigenvalue weighted by atomic mass is 9.99. The maximum atomic E-state index is 6.26. The van der Waals surface area contributed by atoms with E-state index in [1.807, 2.05) is 12.1 Å². The van der Waals surface area contributed by atoms with Gasteiger partial charge in [-0.3, -0.25) is 0 Å². The molecule has 9 rings (SSSR count). The first kappa shape index (κ1) is 26.3. The molecule has 9 aromatic rings. The van der Waals surface area contributed by atoms with Crippen LogP contribution in [0.4, 0.5) is 17.1 Å². The van der Waals surface area contributed by atoms with Crippen molar-refractivity contribution in [1.82, 2.24) is 0 Å². The maximum absolute atomic E-state index is 6.26. The molecule has 0 spiro atoms. The number of furan rings is 1. The Morgan fingerprint density at radius 2 is 0.826 bits per heavy atom. The fourth-order valence-corrected chi connectivity index (χ4v) is 6.73. The van der Waals surface area contributed by atoms with Gasteiger partial charge in [-0.2, -0.15) is 0 Å². The minimum Gasteiger partial charge on any atom is -0.456 e. The second-order valence-corrected chi connectivity index (χ2v) is 11.8. The summed E-state index contributed by atoms with van der Waals surface area (Å²) in [5.74, 6) is 0. The van der Waals surface area contributed by atoms with E-state index >= 15 is 0 Å². The van der Waals surface area contributed by atoms with Crippen LogP contribution in [0.25, 0.3) is 65.7 Å². The molecule has 0 radical (unpaired) electrons. The number of rotatable bonds is 5. The Balaban J connectivity index is 1.17. The van der Waals surface area contributed by atoms with Gasteiger partial charge < -0.3 is 9.32 Å². The zero-order chi connectivity index (χ0) is 30.5. The molecule has 1 heterocycles. The Morgan fingerprint density at radius 1 is 0.304 bits per heavy atom. The second kappa shape index (κ2) is 10.8. The molecule has 0 atom stereocenters. The van der Waals surface area contributed by atoms with Crippen LogP contribution in [-0.4, -0.2) is 0 Å². The van der Waals surface area contributed by atoms with Gasteiger partial charge in [0.05, 0.1) is 0 Å². The van der Waals surface area contributed by atoms with E-state index in [0.29, 0.717) is 0 Å². The van der Waals surface area contributed by atoms with Gasteiger partial charge in [0, 0.05) is 27.8 Å². The molecule has 2 heteroatoms. The summed E-state index contributed by atoms with van der Waals surface area (Å²) in [5, 5.41) is 7.12. The molecule has 0 fully saturated rings. The molecule has 1 aromatic heterocycles. The van der Waals surface area contributed by atoms with Gasteiger partial charge in [-0.05, 0) is 98.4 Å². The summed E-state index contributed by atoms with van der Waals surface area (Å²) >= 11 is 0. The zero-order valence-electron chi connectivity index (χ0n) is 25.1. The molecule has 0 N–H and O–H groups in total. The first-order valence-corrected chi connectivity index (χ1v) is 15.7. The molecular formula is C44H29NO. The van der Waals surface area contributed by atoms with Crippen LogP contribution in [0.3, 0.4) is 0 Å². The van der Waals surface area contributed by atoms with Gasteiger partial charge in [-0.1, -0.05) is 121 Å². The van der Waals surface area contributed by atoms with Gasteiger partial charge in [-0.15, -0.1) is 0 Å². The normalized spacial score (nSPS) is 11.5. The van der Waals surface area contributed by atoms with Crippen LogP contribution >= 0.6 is 0 Å². The van der Waals surface area contributed by atoms with Gasteiger partial charge in [0.1, 0.15) is 11.2 Å². The van der Waals surface area contributed by atoms with Crippen molar-refractivity contribution in [2.24, 2.45) is 0 Å². The quantitative estimate of drug-likeness (QED) is 0.186. The largest absolute Gasteiger partial charge is 0.456 e. The Kier molecular flexibility index (Phi) is 6.17. The van der Waals surface area contributed by atoms with Crippen molar-refractivity contribution in [2.45, 2.75) is 0 Å². The van der Waals surface area contributed by atoms with Crippen molar-refractivity contribution in [3.8, 4) is 22.3 Å². The lowest BCUT2D eigenvalue weighted by molar-refractivity contribution is 0.669. The van der Waals surface area contributed by atoms with Crippen molar-refractivity contribution in [2.75, 3.05) is 4.90 Å². The second-order valence-electron chi connectivity index (χ2n) is 11.8. The van der Waals surface area contributed by atoms with Gasteiger partial charge >= 0.3 is 0 Å². The SMILES string of the molecule is c1ccc(-c2ccc(N(c3ccc(-c4ccccc4)cc3)c3ccc4c(ccc5cc6c(cc54)oc4ccccc46)c3)cc2)cc1. The topological polar surface area (TPSA) is 16.4 Å². The summed E-state index contributed by atoms with van der Waals surface area (Å²) in [6, 6.07) is 62.8. The zero-order valence-corrected chi connectivity index (χ0v) is 25.1. The summed E-state index contributed by atoms with van der Waals surface area (Å²) in [6.45, 7) is 0. The Labute approximate surface area is 267 Å². The molecule has 0 aliphatic heterocycles. The molecule has 216 valence electrons. The predicted molar refractivity (Wildman–Crippen MR) is 194 cm³/mol. The average Bonchev–Trinajstić information content (AvgIpc) is 3.49. The third kappa shape index (κ3) is 4.51. The minimum atomic E-state index is 0.920. The number of anilines is 3. The standard InChI is InChI=1S/C44H29NO/c1-3-9-30(10-4-1)32-17-21-36(22-18-32)45(37-23-19-33(20-24-37)31-11-5-2-6-12-31)38-25-26-39-34(27-38)15-16-35-28-42-40-13-7-8-14-43(40)46-44(42)29-41(35)39/h1-29H. The van der Waals surface area contributed by atoms with Crippen molar-refractivity contribution in [3.05, 3.63) is 176 Å². The van der Waals surface area contributed by atoms with Crippen LogP contribution in [0.5, 0.6) is 0 Å². The molecule has 0 bridgehead atoms. The van der Waals surface area contributed by atoms with Gasteiger partial charge in [-0.25, -0.2) is 0 Å². The van der Waals surface area contributed by atoms with Crippen LogP contribution in [-0.2, 0) is 0 Å². The summed E-state index contributed by atoms with van der Waals surface area (Å²) in [4.78, 5) is 2.34. The van der Waals surface area contributed by atoms with E-state index < -0.39 is 0 Å². The van der Waals surface area contributed by atoms with E-state index in [-0.39, 0.29) is 0 Å². The van der Waals surface area contributed by atoms with E-state index in [4.69, 9.17) is 4.42 Å². The highest BCUT2D eigenvalue weighted by Gasteiger charge is 2.15. The number of nitrogens with zero attached hydrogens (tertiary/aromatic N) is 1.